The molecule has 1 aromatic carbocycles. The Morgan fingerprint density at radius 3 is 3.06 bits per heavy atom. The smallest absolute Gasteiger partial charge is 0.335 e. The number of carboxylic acids is 1. The molecule has 17 heavy (non-hydrogen) atoms. The molecule has 2 rings (SSSR count). The maximum atomic E-state index is 10.9. The lowest BCUT2D eigenvalue weighted by Crippen LogP contribution is -2.34. The van der Waals surface area contributed by atoms with E-state index in [9.17, 15) is 4.79 Å². The number of piperidine rings is 1. The summed E-state index contributed by atoms with van der Waals surface area (Å²) in [5, 5.41) is 9.00. The highest BCUT2D eigenvalue weighted by atomic mass is 16.4. The fourth-order valence-electron chi connectivity index (χ4n) is 2.54. The van der Waals surface area contributed by atoms with Gasteiger partial charge in [-0.25, -0.2) is 4.79 Å². The normalized spacial score (nSPS) is 21.4. The van der Waals surface area contributed by atoms with Gasteiger partial charge in [-0.05, 0) is 49.5 Å². The summed E-state index contributed by atoms with van der Waals surface area (Å²) >= 11 is 0. The van der Waals surface area contributed by atoms with Gasteiger partial charge in [-0.15, -0.1) is 0 Å². The second-order valence-electron chi connectivity index (χ2n) is 4.66. The molecule has 92 valence electrons. The molecule has 1 fully saturated rings. The zero-order chi connectivity index (χ0) is 12.3. The molecule has 3 nitrogen and oxygen atoms in total. The summed E-state index contributed by atoms with van der Waals surface area (Å²) in [6, 6.07) is 7.39. The van der Waals surface area contributed by atoms with Gasteiger partial charge in [0.1, 0.15) is 0 Å². The summed E-state index contributed by atoms with van der Waals surface area (Å²) in [7, 11) is 0. The summed E-state index contributed by atoms with van der Waals surface area (Å²) < 4.78 is 0. The highest BCUT2D eigenvalue weighted by Gasteiger charge is 2.20. The number of nitrogens with zero attached hydrogens (tertiary/aromatic N) is 1. The Morgan fingerprint density at radius 1 is 1.53 bits per heavy atom. The summed E-state index contributed by atoms with van der Waals surface area (Å²) in [4.78, 5) is 13.4. The quantitative estimate of drug-likeness (QED) is 0.872. The average molecular weight is 233 g/mol. The van der Waals surface area contributed by atoms with Crippen LogP contribution in [0.2, 0.25) is 0 Å². The molecule has 1 aromatic rings. The van der Waals surface area contributed by atoms with Gasteiger partial charge in [-0.1, -0.05) is 19.1 Å². The largest absolute Gasteiger partial charge is 0.478 e. The van der Waals surface area contributed by atoms with Crippen LogP contribution in [0.4, 0.5) is 0 Å². The molecule has 0 amide bonds. The van der Waals surface area contributed by atoms with Crippen molar-refractivity contribution in [3.63, 3.8) is 0 Å². The van der Waals surface area contributed by atoms with Gasteiger partial charge in [0.15, 0.2) is 0 Å². The average Bonchev–Trinajstić information content (AvgIpc) is 2.39. The van der Waals surface area contributed by atoms with E-state index in [0.717, 1.165) is 13.1 Å². The van der Waals surface area contributed by atoms with Crippen LogP contribution in [-0.4, -0.2) is 35.6 Å². The van der Waals surface area contributed by atoms with Crippen LogP contribution in [0.3, 0.4) is 0 Å². The zero-order valence-electron chi connectivity index (χ0n) is 10.2. The van der Waals surface area contributed by atoms with Crippen molar-refractivity contribution in [1.29, 1.82) is 0 Å². The predicted molar refractivity (Wildman–Crippen MR) is 67.5 cm³/mol. The molecule has 1 N–H and O–H groups in total. The summed E-state index contributed by atoms with van der Waals surface area (Å²) in [6.07, 6.45) is 2.37. The number of hydrogen-bond acceptors (Lipinski definition) is 2. The van der Waals surface area contributed by atoms with Crippen LogP contribution >= 0.6 is 0 Å². The molecule has 0 spiro atoms. The third-order valence-electron chi connectivity index (χ3n) is 3.56. The lowest BCUT2D eigenvalue weighted by atomic mass is 9.90. The Bertz CT molecular complexity index is 403. The van der Waals surface area contributed by atoms with Crippen LogP contribution in [0.1, 0.15) is 41.6 Å². The van der Waals surface area contributed by atoms with E-state index < -0.39 is 5.97 Å². The van der Waals surface area contributed by atoms with E-state index in [4.69, 9.17) is 5.11 Å². The van der Waals surface area contributed by atoms with E-state index in [0.29, 0.717) is 11.5 Å². The van der Waals surface area contributed by atoms with Crippen molar-refractivity contribution < 1.29 is 9.90 Å². The number of carboxylic acid groups (broad SMARTS) is 1. The number of aromatic carboxylic acids is 1. The van der Waals surface area contributed by atoms with Crippen molar-refractivity contribution in [2.24, 2.45) is 0 Å². The molecule has 0 unspecified atom stereocenters. The summed E-state index contributed by atoms with van der Waals surface area (Å²) in [6.45, 7) is 5.48. The molecule has 0 aromatic heterocycles. The maximum Gasteiger partial charge on any atom is 0.335 e. The monoisotopic (exact) mass is 233 g/mol. The third-order valence-corrected chi connectivity index (χ3v) is 3.56. The molecule has 3 heteroatoms. The minimum atomic E-state index is -0.838. The molecule has 0 aliphatic carbocycles. The van der Waals surface area contributed by atoms with E-state index in [1.165, 1.54) is 24.9 Å². The van der Waals surface area contributed by atoms with Crippen LogP contribution in [0, 0.1) is 0 Å². The van der Waals surface area contributed by atoms with Crippen molar-refractivity contribution in [1.82, 2.24) is 4.90 Å². The first-order chi connectivity index (χ1) is 8.20. The molecule has 0 radical (unpaired) electrons. The van der Waals surface area contributed by atoms with Crippen molar-refractivity contribution in [2.45, 2.75) is 25.7 Å². The third kappa shape index (κ3) is 2.86. The second-order valence-corrected chi connectivity index (χ2v) is 4.66. The maximum absolute atomic E-state index is 10.9. The number of hydrogen-bond donors (Lipinski definition) is 1. The first kappa shape index (κ1) is 12.1. The zero-order valence-corrected chi connectivity index (χ0v) is 10.2. The minimum Gasteiger partial charge on any atom is -0.478 e. The fraction of sp³-hybridized carbons (Fsp3) is 0.500. The molecular weight excluding hydrogens is 214 g/mol. The summed E-state index contributed by atoms with van der Waals surface area (Å²) in [5.41, 5.74) is 1.57. The number of carbonyl (C=O) groups is 1. The Balaban J connectivity index is 2.16. The SMILES string of the molecule is CCN1CCC[C@H](c2cccc(C(=O)O)c2)C1. The van der Waals surface area contributed by atoms with Gasteiger partial charge >= 0.3 is 5.97 Å². The van der Waals surface area contributed by atoms with Crippen LogP contribution in [0.5, 0.6) is 0 Å². The summed E-state index contributed by atoms with van der Waals surface area (Å²) in [5.74, 6) is -0.349. The number of likely N-dealkylation sites (N-methyl/N-ethyl adjacent to an activating group) is 1. The number of benzene rings is 1. The van der Waals surface area contributed by atoms with Crippen molar-refractivity contribution in [2.75, 3.05) is 19.6 Å². The van der Waals surface area contributed by atoms with E-state index in [1.54, 1.807) is 6.07 Å². The molecule has 0 bridgehead atoms. The molecule has 1 aliphatic rings. The Hall–Kier alpha value is -1.35. The van der Waals surface area contributed by atoms with Crippen LogP contribution < -0.4 is 0 Å². The van der Waals surface area contributed by atoms with Gasteiger partial charge in [0.05, 0.1) is 5.56 Å². The highest BCUT2D eigenvalue weighted by Crippen LogP contribution is 2.27. The first-order valence-corrected chi connectivity index (χ1v) is 6.26. The van der Waals surface area contributed by atoms with Gasteiger partial charge in [0, 0.05) is 6.54 Å². The molecular formula is C14H19NO2. The van der Waals surface area contributed by atoms with E-state index in [-0.39, 0.29) is 0 Å². The molecule has 1 atom stereocenters. The highest BCUT2D eigenvalue weighted by molar-refractivity contribution is 5.87. The van der Waals surface area contributed by atoms with E-state index in [2.05, 4.69) is 17.9 Å². The van der Waals surface area contributed by atoms with E-state index >= 15 is 0 Å². The molecule has 0 saturated carbocycles. The van der Waals surface area contributed by atoms with Crippen molar-refractivity contribution in [3.8, 4) is 0 Å². The molecule has 1 saturated heterocycles. The van der Waals surface area contributed by atoms with Gasteiger partial charge in [-0.2, -0.15) is 0 Å². The second kappa shape index (κ2) is 5.32. The van der Waals surface area contributed by atoms with E-state index in [1.807, 2.05) is 12.1 Å². The Morgan fingerprint density at radius 2 is 2.35 bits per heavy atom. The van der Waals surface area contributed by atoms with Crippen LogP contribution in [0.25, 0.3) is 0 Å². The van der Waals surface area contributed by atoms with Crippen molar-refractivity contribution >= 4 is 5.97 Å². The first-order valence-electron chi connectivity index (χ1n) is 6.26. The Kier molecular flexibility index (Phi) is 3.79. The number of rotatable bonds is 3. The minimum absolute atomic E-state index is 0.399. The van der Waals surface area contributed by atoms with Gasteiger partial charge in [0.2, 0.25) is 0 Å². The fourth-order valence-corrected chi connectivity index (χ4v) is 2.54. The topological polar surface area (TPSA) is 40.5 Å². The van der Waals surface area contributed by atoms with Crippen LogP contribution in [-0.2, 0) is 0 Å². The Labute approximate surface area is 102 Å². The van der Waals surface area contributed by atoms with Gasteiger partial charge < -0.3 is 10.0 Å². The van der Waals surface area contributed by atoms with Crippen molar-refractivity contribution in [3.05, 3.63) is 35.4 Å². The predicted octanol–water partition coefficient (Wildman–Crippen LogP) is 2.58. The lowest BCUT2D eigenvalue weighted by Gasteiger charge is -2.32. The molecule has 1 aliphatic heterocycles. The van der Waals surface area contributed by atoms with Gasteiger partial charge in [0.25, 0.3) is 0 Å². The van der Waals surface area contributed by atoms with Crippen LogP contribution in [0.15, 0.2) is 24.3 Å². The van der Waals surface area contributed by atoms with Gasteiger partial charge in [-0.3, -0.25) is 0 Å². The lowest BCUT2D eigenvalue weighted by molar-refractivity contribution is 0.0696. The number of likely N-dealkylation sites (tertiary alicyclic amines) is 1. The molecule has 1 heterocycles. The standard InChI is InChI=1S/C14H19NO2/c1-2-15-8-4-7-13(10-15)11-5-3-6-12(9-11)14(16)17/h3,5-6,9,13H,2,4,7-8,10H2,1H3,(H,16,17)/t13-/m0/s1.